The number of ether oxygens (including phenoxy) is 2. The Balaban J connectivity index is 2.02. The fourth-order valence-electron chi connectivity index (χ4n) is 3.81. The number of nitrogens with zero attached hydrogens (tertiary/aromatic N) is 2. The molecule has 28 heavy (non-hydrogen) atoms. The Kier molecular flexibility index (Phi) is 7.37. The van der Waals surface area contributed by atoms with Gasteiger partial charge in [-0.3, -0.25) is 0 Å². The first-order valence-electron chi connectivity index (χ1n) is 9.97. The smallest absolute Gasteiger partial charge is 0.410 e. The molecule has 158 valence electrons. The van der Waals surface area contributed by atoms with Crippen molar-refractivity contribution in [2.45, 2.75) is 78.0 Å². The second kappa shape index (κ2) is 9.16. The van der Waals surface area contributed by atoms with Crippen molar-refractivity contribution >= 4 is 28.4 Å². The number of hydrogen-bond acceptors (Lipinski definition) is 6. The maximum atomic E-state index is 12.3. The van der Waals surface area contributed by atoms with Crippen LogP contribution in [-0.4, -0.2) is 55.3 Å². The summed E-state index contributed by atoms with van der Waals surface area (Å²) in [5.41, 5.74) is 1.17. The summed E-state index contributed by atoms with van der Waals surface area (Å²) in [5.74, 6) is -0.279. The molecule has 0 aromatic carbocycles. The van der Waals surface area contributed by atoms with E-state index in [9.17, 15) is 9.59 Å². The molecule has 1 amide bonds. The summed E-state index contributed by atoms with van der Waals surface area (Å²) in [4.78, 5) is 28.4. The largest absolute Gasteiger partial charge is 0.465 e. The summed E-state index contributed by atoms with van der Waals surface area (Å²) < 4.78 is 10.4. The molecular weight excluding hydrogens is 376 g/mol. The summed E-state index contributed by atoms with van der Waals surface area (Å²) in [6.07, 6.45) is 3.67. The van der Waals surface area contributed by atoms with Crippen LogP contribution in [0.2, 0.25) is 0 Å². The summed E-state index contributed by atoms with van der Waals surface area (Å²) in [6.45, 7) is 10.7. The van der Waals surface area contributed by atoms with Crippen LogP contribution in [0.3, 0.4) is 0 Å². The number of anilines is 1. The van der Waals surface area contributed by atoms with Crippen LogP contribution in [0.4, 0.5) is 9.80 Å². The van der Waals surface area contributed by atoms with Gasteiger partial charge >= 0.3 is 12.1 Å². The first kappa shape index (κ1) is 22.5. The highest BCUT2D eigenvalue weighted by Gasteiger charge is 2.32. The molecule has 1 aromatic rings. The van der Waals surface area contributed by atoms with Crippen molar-refractivity contribution in [3.8, 4) is 0 Å². The quantitative estimate of drug-likeness (QED) is 0.650. The van der Waals surface area contributed by atoms with E-state index in [0.717, 1.165) is 42.8 Å². The molecule has 2 rings (SSSR count). The molecule has 1 heterocycles. The van der Waals surface area contributed by atoms with Gasteiger partial charge in [-0.15, -0.1) is 11.3 Å². The zero-order valence-corrected chi connectivity index (χ0v) is 19.0. The number of methoxy groups -OCH3 is 1. The lowest BCUT2D eigenvalue weighted by molar-refractivity contribution is 0.0183. The molecule has 1 saturated carbocycles. The van der Waals surface area contributed by atoms with Gasteiger partial charge < -0.3 is 19.3 Å². The maximum absolute atomic E-state index is 12.3. The average Bonchev–Trinajstić information content (AvgIpc) is 3.02. The Bertz CT molecular complexity index is 687. The van der Waals surface area contributed by atoms with Crippen LogP contribution in [0.1, 0.15) is 69.3 Å². The molecule has 1 aliphatic carbocycles. The van der Waals surface area contributed by atoms with Gasteiger partial charge in [-0.1, -0.05) is 0 Å². The van der Waals surface area contributed by atoms with Gasteiger partial charge in [0, 0.05) is 31.1 Å². The lowest BCUT2D eigenvalue weighted by atomic mass is 9.89. The first-order chi connectivity index (χ1) is 13.1. The minimum Gasteiger partial charge on any atom is -0.465 e. The molecule has 6 nitrogen and oxygen atoms in total. The zero-order chi connectivity index (χ0) is 21.1. The number of esters is 1. The Morgan fingerprint density at radius 2 is 1.75 bits per heavy atom. The third-order valence-corrected chi connectivity index (χ3v) is 6.47. The third kappa shape index (κ3) is 5.19. The van der Waals surface area contributed by atoms with Gasteiger partial charge in [0.25, 0.3) is 0 Å². The van der Waals surface area contributed by atoms with Crippen molar-refractivity contribution < 1.29 is 19.1 Å². The van der Waals surface area contributed by atoms with Crippen LogP contribution in [0.5, 0.6) is 0 Å². The van der Waals surface area contributed by atoms with Gasteiger partial charge in [0.2, 0.25) is 0 Å². The van der Waals surface area contributed by atoms with Gasteiger partial charge in [0.15, 0.2) is 0 Å². The first-order valence-corrected chi connectivity index (χ1v) is 10.9. The molecule has 0 N–H and O–H groups in total. The molecule has 0 spiro atoms. The summed E-state index contributed by atoms with van der Waals surface area (Å²) in [7, 11) is 3.25. The highest BCUT2D eigenvalue weighted by molar-refractivity contribution is 7.14. The van der Waals surface area contributed by atoms with Gasteiger partial charge in [-0.05, 0) is 65.9 Å². The van der Waals surface area contributed by atoms with Crippen molar-refractivity contribution in [3.05, 3.63) is 16.5 Å². The Hall–Kier alpha value is -1.76. The van der Waals surface area contributed by atoms with Crippen LogP contribution in [0, 0.1) is 6.92 Å². The van der Waals surface area contributed by atoms with E-state index in [1.165, 1.54) is 7.11 Å². The van der Waals surface area contributed by atoms with Gasteiger partial charge in [0.1, 0.15) is 5.60 Å². The zero-order valence-electron chi connectivity index (χ0n) is 18.2. The van der Waals surface area contributed by atoms with E-state index in [2.05, 4.69) is 11.8 Å². The topological polar surface area (TPSA) is 59.1 Å². The van der Waals surface area contributed by atoms with Crippen molar-refractivity contribution in [1.82, 2.24) is 4.90 Å². The number of rotatable bonds is 5. The fourth-order valence-corrected chi connectivity index (χ4v) is 5.01. The Morgan fingerprint density at radius 1 is 1.18 bits per heavy atom. The number of carbonyl (C=O) groups excluding carboxylic acids is 2. The predicted molar refractivity (Wildman–Crippen MR) is 113 cm³/mol. The van der Waals surface area contributed by atoms with Crippen LogP contribution in [-0.2, 0) is 9.47 Å². The molecular formula is C21H34N2O4S. The van der Waals surface area contributed by atoms with E-state index in [0.29, 0.717) is 11.6 Å². The molecule has 0 unspecified atom stereocenters. The predicted octanol–water partition coefficient (Wildman–Crippen LogP) is 4.85. The van der Waals surface area contributed by atoms with E-state index in [1.54, 1.807) is 16.2 Å². The van der Waals surface area contributed by atoms with E-state index >= 15 is 0 Å². The highest BCUT2D eigenvalue weighted by Crippen LogP contribution is 2.36. The molecule has 0 aliphatic heterocycles. The molecule has 1 fully saturated rings. The van der Waals surface area contributed by atoms with Crippen molar-refractivity contribution in [2.75, 3.05) is 25.6 Å². The average molecular weight is 411 g/mol. The fraction of sp³-hybridized carbons (Fsp3) is 0.714. The number of carbonyl (C=O) groups is 2. The third-order valence-electron chi connectivity index (χ3n) is 5.36. The second-order valence-corrected chi connectivity index (χ2v) is 9.27. The van der Waals surface area contributed by atoms with Crippen LogP contribution < -0.4 is 4.90 Å². The molecule has 1 aromatic heterocycles. The maximum Gasteiger partial charge on any atom is 0.410 e. The van der Waals surface area contributed by atoms with Crippen LogP contribution in [0.15, 0.2) is 5.38 Å². The lowest BCUT2D eigenvalue weighted by Crippen LogP contribution is -2.46. The van der Waals surface area contributed by atoms with E-state index in [-0.39, 0.29) is 18.1 Å². The van der Waals surface area contributed by atoms with Crippen molar-refractivity contribution in [2.24, 2.45) is 0 Å². The van der Waals surface area contributed by atoms with Gasteiger partial charge in [-0.25, -0.2) is 9.59 Å². The minimum atomic E-state index is -0.477. The summed E-state index contributed by atoms with van der Waals surface area (Å²) in [5, 5.41) is 3.04. The SMILES string of the molecule is CCN(c1scc(C(=O)OC)c1C)[C@H]1CC[C@H](N(C)C(=O)OC(C)(C)C)CC1. The van der Waals surface area contributed by atoms with E-state index in [4.69, 9.17) is 9.47 Å². The van der Waals surface area contributed by atoms with Crippen LogP contribution in [0.25, 0.3) is 0 Å². The monoisotopic (exact) mass is 410 g/mol. The Morgan fingerprint density at radius 3 is 2.25 bits per heavy atom. The summed E-state index contributed by atoms with van der Waals surface area (Å²) >= 11 is 1.61. The molecule has 0 radical (unpaired) electrons. The number of hydrogen-bond donors (Lipinski definition) is 0. The minimum absolute atomic E-state index is 0.208. The molecule has 0 bridgehead atoms. The van der Waals surface area contributed by atoms with Crippen molar-refractivity contribution in [1.29, 1.82) is 0 Å². The molecule has 0 atom stereocenters. The normalized spacial score (nSPS) is 19.8. The van der Waals surface area contributed by atoms with E-state index < -0.39 is 5.60 Å². The molecule has 0 saturated heterocycles. The second-order valence-electron chi connectivity index (χ2n) is 8.41. The summed E-state index contributed by atoms with van der Waals surface area (Å²) in [6, 6.07) is 0.621. The Labute approximate surface area is 172 Å². The van der Waals surface area contributed by atoms with Crippen molar-refractivity contribution in [3.63, 3.8) is 0 Å². The van der Waals surface area contributed by atoms with Gasteiger partial charge in [-0.2, -0.15) is 0 Å². The molecule has 7 heteroatoms. The standard InChI is InChI=1S/C21H34N2O4S/c1-8-23(18-14(2)17(13-28-18)19(24)26-7)16-11-9-15(10-12-16)22(6)20(25)27-21(3,4)5/h13,15-16H,8-12H2,1-7H3/t15-,16-. The molecule has 1 aliphatic rings. The highest BCUT2D eigenvalue weighted by atomic mass is 32.1. The number of amides is 1. The van der Waals surface area contributed by atoms with Gasteiger partial charge in [0.05, 0.1) is 17.7 Å². The van der Waals surface area contributed by atoms with E-state index in [1.807, 2.05) is 40.1 Å². The lowest BCUT2D eigenvalue weighted by Gasteiger charge is -2.40. The number of thiophene rings is 1. The van der Waals surface area contributed by atoms with Crippen LogP contribution >= 0.6 is 11.3 Å².